The van der Waals surface area contributed by atoms with Crippen LogP contribution in [0.1, 0.15) is 31.7 Å². The molecule has 0 amide bonds. The number of benzene rings is 1. The van der Waals surface area contributed by atoms with Gasteiger partial charge in [-0.25, -0.2) is 27.7 Å². The Morgan fingerprint density at radius 2 is 1.93 bits per heavy atom. The molecular formula is C26H28F4N6O5S. The molecule has 1 aromatic carbocycles. The third-order valence-corrected chi connectivity index (χ3v) is 10.7. The number of carboxylic acid groups (broad SMARTS) is 1. The number of halogens is 4. The van der Waals surface area contributed by atoms with Gasteiger partial charge in [-0.15, -0.1) is 0 Å². The van der Waals surface area contributed by atoms with Crippen LogP contribution in [-0.4, -0.2) is 73.5 Å². The van der Waals surface area contributed by atoms with Gasteiger partial charge < -0.3 is 20.1 Å². The van der Waals surface area contributed by atoms with Crippen molar-refractivity contribution < 1.29 is 40.9 Å². The third kappa shape index (κ3) is 5.72. The van der Waals surface area contributed by atoms with Crippen LogP contribution in [0.3, 0.4) is 0 Å². The summed E-state index contributed by atoms with van der Waals surface area (Å²) < 4.78 is 75.1. The molecule has 1 aliphatic heterocycles. The van der Waals surface area contributed by atoms with Gasteiger partial charge in [0.15, 0.2) is 23.0 Å². The number of aliphatic imine (C=N–C) groups is 1. The first-order chi connectivity index (χ1) is 19.7. The van der Waals surface area contributed by atoms with Crippen molar-refractivity contribution in [3.63, 3.8) is 0 Å². The van der Waals surface area contributed by atoms with Gasteiger partial charge in [0.25, 0.3) is 0 Å². The molecule has 4 atom stereocenters. The molecule has 42 heavy (non-hydrogen) atoms. The Morgan fingerprint density at radius 3 is 2.48 bits per heavy atom. The molecular weight excluding hydrogens is 584 g/mol. The monoisotopic (exact) mass is 612 g/mol. The number of ether oxygens (including phenoxy) is 1. The first kappa shape index (κ1) is 31.0. The van der Waals surface area contributed by atoms with Gasteiger partial charge in [0.2, 0.25) is 0 Å². The predicted molar refractivity (Wildman–Crippen MR) is 145 cm³/mol. The normalized spacial score (nSPS) is 26.9. The van der Waals surface area contributed by atoms with E-state index in [-0.39, 0.29) is 11.8 Å². The summed E-state index contributed by atoms with van der Waals surface area (Å²) in [6.45, 7) is 1.78. The molecule has 2 aliphatic rings. The summed E-state index contributed by atoms with van der Waals surface area (Å²) in [7, 11) is 0.303. The van der Waals surface area contributed by atoms with Crippen LogP contribution in [0.4, 0.5) is 17.6 Å². The lowest BCUT2D eigenvalue weighted by molar-refractivity contribution is -0.192. The van der Waals surface area contributed by atoms with Crippen LogP contribution in [-0.2, 0) is 20.1 Å². The summed E-state index contributed by atoms with van der Waals surface area (Å²) in [5, 5.41) is 11.2. The van der Waals surface area contributed by atoms with Gasteiger partial charge >= 0.3 is 12.1 Å². The van der Waals surface area contributed by atoms with E-state index in [1.54, 1.807) is 38.4 Å². The quantitative estimate of drug-likeness (QED) is 0.410. The first-order valence-electron chi connectivity index (χ1n) is 12.6. The van der Waals surface area contributed by atoms with E-state index in [2.05, 4.69) is 19.5 Å². The highest BCUT2D eigenvalue weighted by Crippen LogP contribution is 2.45. The van der Waals surface area contributed by atoms with E-state index in [0.717, 1.165) is 12.8 Å². The van der Waals surface area contributed by atoms with Gasteiger partial charge in [0.1, 0.15) is 10.6 Å². The minimum atomic E-state index is -5.08. The molecule has 5 rings (SSSR count). The number of hydrogen-bond donors (Lipinski definition) is 2. The summed E-state index contributed by atoms with van der Waals surface area (Å²) in [6.07, 6.45) is 1.99. The second-order valence-corrected chi connectivity index (χ2v) is 12.7. The standard InChI is InChI=1S/C24H27FN6O3S.C2HF3O2/c1-23(14-35(32,27-2)24(13-30-23)8-4-5-21(24)26)17-9-15(6-7-18(17)25)20-10-19(31-34-20)22-28-11-16(33-3)12-29-22;3-2(4,5)1(6)7/h6-7,9-13,21H,4-5,8,14,26H2,1-3H3;(H,6,7)/t21?,23-,24?,35+;/m0./s1. The van der Waals surface area contributed by atoms with Crippen molar-refractivity contribution in [2.24, 2.45) is 15.1 Å². The lowest BCUT2D eigenvalue weighted by Gasteiger charge is -2.42. The van der Waals surface area contributed by atoms with E-state index in [1.807, 2.05) is 0 Å². The second-order valence-electron chi connectivity index (χ2n) is 9.97. The highest BCUT2D eigenvalue weighted by atomic mass is 32.2. The molecule has 0 radical (unpaired) electrons. The maximum atomic E-state index is 15.2. The minimum Gasteiger partial charge on any atom is -0.494 e. The zero-order valence-electron chi connectivity index (χ0n) is 22.8. The number of rotatable bonds is 4. The average Bonchev–Trinajstić information content (AvgIpc) is 3.59. The van der Waals surface area contributed by atoms with Crippen LogP contribution in [0.5, 0.6) is 5.75 Å². The maximum absolute atomic E-state index is 15.2. The second kappa shape index (κ2) is 11.4. The zero-order valence-corrected chi connectivity index (χ0v) is 23.6. The number of aromatic nitrogens is 3. The number of carbonyl (C=O) groups is 1. The Morgan fingerprint density at radius 1 is 1.26 bits per heavy atom. The van der Waals surface area contributed by atoms with E-state index in [0.29, 0.717) is 40.6 Å². The predicted octanol–water partition coefficient (Wildman–Crippen LogP) is 4.23. The molecule has 3 aromatic rings. The number of carboxylic acids is 1. The summed E-state index contributed by atoms with van der Waals surface area (Å²) in [6, 6.07) is 6.02. The number of methoxy groups -OCH3 is 1. The number of hydrogen-bond acceptors (Lipinski definition) is 10. The van der Waals surface area contributed by atoms with Crippen molar-refractivity contribution in [2.45, 2.75) is 48.7 Å². The molecule has 2 aromatic heterocycles. The Balaban J connectivity index is 0.000000517. The van der Waals surface area contributed by atoms with E-state index >= 15 is 4.39 Å². The topological polar surface area (TPSA) is 166 Å². The summed E-state index contributed by atoms with van der Waals surface area (Å²) in [4.78, 5) is 22.1. The van der Waals surface area contributed by atoms with Gasteiger partial charge in [-0.3, -0.25) is 4.99 Å². The van der Waals surface area contributed by atoms with E-state index in [4.69, 9.17) is 29.9 Å². The van der Waals surface area contributed by atoms with Crippen molar-refractivity contribution in [1.82, 2.24) is 15.1 Å². The Hall–Kier alpha value is -3.92. The van der Waals surface area contributed by atoms with Gasteiger partial charge in [-0.05, 0) is 44.4 Å². The molecule has 1 saturated carbocycles. The van der Waals surface area contributed by atoms with E-state index < -0.39 is 38.0 Å². The van der Waals surface area contributed by atoms with Crippen molar-refractivity contribution >= 4 is 21.9 Å². The molecule has 11 nitrogen and oxygen atoms in total. The summed E-state index contributed by atoms with van der Waals surface area (Å²) in [5.74, 6) is -1.81. The fourth-order valence-electron chi connectivity index (χ4n) is 5.01. The fraction of sp³-hybridized carbons (Fsp3) is 0.423. The lowest BCUT2D eigenvalue weighted by atomic mass is 9.91. The van der Waals surface area contributed by atoms with Crippen molar-refractivity contribution in [2.75, 3.05) is 19.9 Å². The molecule has 0 bridgehead atoms. The van der Waals surface area contributed by atoms with Crippen LogP contribution < -0.4 is 10.5 Å². The lowest BCUT2D eigenvalue weighted by Crippen LogP contribution is -2.57. The largest absolute Gasteiger partial charge is 0.494 e. The smallest absolute Gasteiger partial charge is 0.490 e. The van der Waals surface area contributed by atoms with Crippen molar-refractivity contribution in [1.29, 1.82) is 0 Å². The Kier molecular flexibility index (Phi) is 8.42. The minimum absolute atomic E-state index is 0.0857. The van der Waals surface area contributed by atoms with Crippen LogP contribution in [0.15, 0.2) is 50.5 Å². The summed E-state index contributed by atoms with van der Waals surface area (Å²) in [5.41, 5.74) is 6.64. The number of alkyl halides is 3. The highest BCUT2D eigenvalue weighted by Gasteiger charge is 2.54. The van der Waals surface area contributed by atoms with Crippen molar-refractivity contribution in [3.05, 3.63) is 48.0 Å². The summed E-state index contributed by atoms with van der Waals surface area (Å²) >= 11 is 0. The van der Waals surface area contributed by atoms with Gasteiger partial charge in [0, 0.05) is 36.5 Å². The van der Waals surface area contributed by atoms with Crippen LogP contribution in [0.25, 0.3) is 22.8 Å². The Bertz CT molecular complexity index is 1620. The SMILES string of the molecule is CN=[S@@]1(=O)C[C@@](C)(c2cc(-c3cc(-c4ncc(OC)cn4)no3)ccc2F)N=CC12CCCC2N.O=C(O)C(F)(F)F. The van der Waals surface area contributed by atoms with E-state index in [1.165, 1.54) is 25.6 Å². The molecule has 2 unspecified atom stereocenters. The van der Waals surface area contributed by atoms with Gasteiger partial charge in [0.05, 0.1) is 40.5 Å². The van der Waals surface area contributed by atoms with E-state index in [9.17, 15) is 17.4 Å². The van der Waals surface area contributed by atoms with Crippen LogP contribution in [0, 0.1) is 5.82 Å². The zero-order chi connectivity index (χ0) is 30.9. The van der Waals surface area contributed by atoms with Crippen molar-refractivity contribution in [3.8, 4) is 28.6 Å². The molecule has 3 N–H and O–H groups in total. The van der Waals surface area contributed by atoms with Crippen LogP contribution >= 0.6 is 0 Å². The van der Waals surface area contributed by atoms with Crippen LogP contribution in [0.2, 0.25) is 0 Å². The number of nitrogens with two attached hydrogens (primary N) is 1. The highest BCUT2D eigenvalue weighted by molar-refractivity contribution is 7.95. The molecule has 226 valence electrons. The molecule has 1 aliphatic carbocycles. The third-order valence-electron chi connectivity index (χ3n) is 7.32. The molecule has 1 spiro atoms. The number of aliphatic carboxylic acids is 1. The fourth-order valence-corrected chi connectivity index (χ4v) is 8.02. The first-order valence-corrected chi connectivity index (χ1v) is 14.2. The molecule has 1 fully saturated rings. The Labute approximate surface area is 238 Å². The van der Waals surface area contributed by atoms with Gasteiger partial charge in [-0.2, -0.15) is 13.2 Å². The molecule has 3 heterocycles. The van der Waals surface area contributed by atoms with Gasteiger partial charge in [-0.1, -0.05) is 5.16 Å². The number of nitrogens with zero attached hydrogens (tertiary/aromatic N) is 5. The maximum Gasteiger partial charge on any atom is 0.490 e. The average molecular weight is 613 g/mol. The molecule has 0 saturated heterocycles. The molecule has 16 heteroatoms.